The van der Waals surface area contributed by atoms with Crippen LogP contribution in [0, 0.1) is 0 Å². The van der Waals surface area contributed by atoms with Gasteiger partial charge in [-0.05, 0) is 117 Å². The lowest BCUT2D eigenvalue weighted by Gasteiger charge is -2.36. The van der Waals surface area contributed by atoms with Crippen LogP contribution in [-0.2, 0) is 5.41 Å². The zero-order valence-corrected chi connectivity index (χ0v) is 36.8. The summed E-state index contributed by atoms with van der Waals surface area (Å²) >= 11 is 0. The molecule has 0 amide bonds. The smallest absolute Gasteiger partial charge is 0.137 e. The first-order valence-corrected chi connectivity index (χ1v) is 21.5. The quantitative estimate of drug-likeness (QED) is 0.134. The van der Waals surface area contributed by atoms with Gasteiger partial charge in [0.1, 0.15) is 45.5 Å². The molecule has 0 heterocycles. The Morgan fingerprint density at radius 3 is 0.623 bits per heavy atom. The van der Waals surface area contributed by atoms with Gasteiger partial charge in [-0.3, -0.25) is 17.9 Å². The Kier molecular flexibility index (Phi) is 8.78. The molecule has 300 valence electrons. The first kappa shape index (κ1) is 38.8. The summed E-state index contributed by atoms with van der Waals surface area (Å²) < 4.78 is 2.50. The number of fused-ring (bicyclic) bond motifs is 10. The highest BCUT2D eigenvalue weighted by molar-refractivity contribution is 5.98. The molecule has 0 N–H and O–H groups in total. The van der Waals surface area contributed by atoms with Crippen LogP contribution < -0.4 is 17.9 Å². The predicted octanol–water partition coefficient (Wildman–Crippen LogP) is 13.6. The molecule has 0 atom stereocenters. The normalized spacial score (nSPS) is 14.0. The Labute approximate surface area is 362 Å². The number of rotatable bonds is 8. The average molecular weight is 797 g/mol. The fraction of sp³-hybridized carbons (Fsp3) is 0.158. The van der Waals surface area contributed by atoms with Crippen LogP contribution in [-0.4, -0.2) is 56.4 Å². The number of quaternary nitrogens is 4. The second kappa shape index (κ2) is 13.8. The van der Waals surface area contributed by atoms with Crippen molar-refractivity contribution < 1.29 is 0 Å². The van der Waals surface area contributed by atoms with Gasteiger partial charge in [-0.1, -0.05) is 72.8 Å². The lowest BCUT2D eigenvalue weighted by atomic mass is 9.70. The van der Waals surface area contributed by atoms with E-state index in [0.717, 1.165) is 0 Å². The molecule has 10 rings (SSSR count). The maximum atomic E-state index is 2.55. The van der Waals surface area contributed by atoms with Gasteiger partial charge in [-0.2, -0.15) is 0 Å². The summed E-state index contributed by atoms with van der Waals surface area (Å²) in [5, 5.41) is 0. The molecule has 0 saturated carbocycles. The predicted molar refractivity (Wildman–Crippen MR) is 262 cm³/mol. The Balaban J connectivity index is 1.32. The molecule has 0 radical (unpaired) electrons. The van der Waals surface area contributed by atoms with Crippen molar-refractivity contribution in [1.82, 2.24) is 17.9 Å². The molecule has 1 spiro atoms. The average Bonchev–Trinajstić information content (AvgIpc) is 3.76. The Hall–Kier alpha value is -6.40. The van der Waals surface area contributed by atoms with E-state index in [0.29, 0.717) is 17.9 Å². The Morgan fingerprint density at radius 1 is 0.230 bits per heavy atom. The van der Waals surface area contributed by atoms with E-state index in [9.17, 15) is 0 Å². The first-order chi connectivity index (χ1) is 29.3. The van der Waals surface area contributed by atoms with Crippen LogP contribution in [0.4, 0.5) is 45.5 Å². The summed E-state index contributed by atoms with van der Waals surface area (Å²) in [6.45, 7) is 0. The summed E-state index contributed by atoms with van der Waals surface area (Å²) in [6.07, 6.45) is 0. The van der Waals surface area contributed by atoms with E-state index in [1.807, 2.05) is 0 Å². The zero-order valence-electron chi connectivity index (χ0n) is 36.8. The van der Waals surface area contributed by atoms with E-state index >= 15 is 0 Å². The third-order valence-corrected chi connectivity index (χ3v) is 14.4. The zero-order chi connectivity index (χ0) is 42.4. The van der Waals surface area contributed by atoms with Gasteiger partial charge in [0.2, 0.25) is 0 Å². The van der Waals surface area contributed by atoms with Crippen molar-refractivity contribution in [2.45, 2.75) is 5.41 Å². The molecule has 2 aliphatic rings. The molecule has 2 aliphatic carbocycles. The third kappa shape index (κ3) is 5.75. The molecule has 61 heavy (non-hydrogen) atoms. The van der Waals surface area contributed by atoms with Crippen molar-refractivity contribution in [3.05, 3.63) is 216 Å². The third-order valence-electron chi connectivity index (χ3n) is 14.4. The maximum Gasteiger partial charge on any atom is 0.137 e. The lowest BCUT2D eigenvalue weighted by Crippen LogP contribution is -2.36. The van der Waals surface area contributed by atoms with Crippen molar-refractivity contribution in [1.29, 1.82) is 0 Å². The molecule has 0 fully saturated rings. The SMILES string of the molecule is C[N+](C)(c1ccccc1)c1ccc2c(c1)C1(c3cc([N+](C)(C)c4ccccc4)ccc3-2)c2cc([N+](C)(C)c3ccccc3)ccc2-c2ccc([N+](C)(C)c3ccccc3)cc21. The van der Waals surface area contributed by atoms with Crippen LogP contribution in [0.1, 0.15) is 22.3 Å². The molecular formula is C57H56N4+4. The molecule has 0 unspecified atom stereocenters. The van der Waals surface area contributed by atoms with Crippen LogP contribution in [0.25, 0.3) is 22.3 Å². The summed E-state index contributed by atoms with van der Waals surface area (Å²) in [5.41, 5.74) is 19.9. The second-order valence-electron chi connectivity index (χ2n) is 18.8. The fourth-order valence-electron chi connectivity index (χ4n) is 10.4. The number of benzene rings is 8. The number of hydrogen-bond donors (Lipinski definition) is 0. The Bertz CT molecular complexity index is 2540. The van der Waals surface area contributed by atoms with Gasteiger partial charge in [-0.15, -0.1) is 0 Å². The van der Waals surface area contributed by atoms with Gasteiger partial charge in [0.05, 0.1) is 61.8 Å². The standard InChI is InChI=1S/C57H56N4/c1-58(2,41-21-13-9-14-22-41)45-29-33-49-50-34-30-46(59(3,4)42-23-15-10-16-24-42)38-54(50)57(53(49)37-45)55-39-47(60(5,6)43-25-17-11-18-26-43)31-35-51(55)52-36-32-48(40-56(52)57)61(7,8)44-27-19-12-20-28-44/h9-40H,1-8H3/q+4. The highest BCUT2D eigenvalue weighted by atomic mass is 15.3. The topological polar surface area (TPSA) is 0 Å². The summed E-state index contributed by atoms with van der Waals surface area (Å²) in [5.74, 6) is 0. The minimum Gasteiger partial charge on any atom is -0.264 e. The van der Waals surface area contributed by atoms with E-state index in [4.69, 9.17) is 0 Å². The van der Waals surface area contributed by atoms with Crippen molar-refractivity contribution in [3.8, 4) is 22.3 Å². The van der Waals surface area contributed by atoms with E-state index in [2.05, 4.69) is 251 Å². The highest BCUT2D eigenvalue weighted by Crippen LogP contribution is 2.65. The van der Waals surface area contributed by atoms with Crippen molar-refractivity contribution in [2.24, 2.45) is 0 Å². The summed E-state index contributed by atoms with van der Waals surface area (Å²) in [7, 11) is 18.5. The van der Waals surface area contributed by atoms with E-state index in [1.165, 1.54) is 90.0 Å². The summed E-state index contributed by atoms with van der Waals surface area (Å²) in [4.78, 5) is 0. The maximum absolute atomic E-state index is 2.55. The first-order valence-electron chi connectivity index (χ1n) is 21.5. The van der Waals surface area contributed by atoms with Gasteiger partial charge < -0.3 is 0 Å². The molecule has 0 aliphatic heterocycles. The monoisotopic (exact) mass is 796 g/mol. The van der Waals surface area contributed by atoms with Gasteiger partial charge in [0.15, 0.2) is 0 Å². The van der Waals surface area contributed by atoms with Crippen LogP contribution in [0.5, 0.6) is 0 Å². The molecule has 0 bridgehead atoms. The molecule has 8 aromatic carbocycles. The summed E-state index contributed by atoms with van der Waals surface area (Å²) in [6, 6.07) is 72.9. The van der Waals surface area contributed by atoms with E-state index in [-0.39, 0.29) is 0 Å². The second-order valence-corrected chi connectivity index (χ2v) is 18.8. The molecule has 0 saturated heterocycles. The molecular weight excluding hydrogens is 741 g/mol. The van der Waals surface area contributed by atoms with Crippen LogP contribution in [0.2, 0.25) is 0 Å². The lowest BCUT2D eigenvalue weighted by molar-refractivity contribution is 0.550. The Morgan fingerprint density at radius 2 is 0.426 bits per heavy atom. The van der Waals surface area contributed by atoms with Crippen LogP contribution in [0.3, 0.4) is 0 Å². The highest BCUT2D eigenvalue weighted by Gasteiger charge is 2.54. The molecule has 4 heteroatoms. The van der Waals surface area contributed by atoms with E-state index < -0.39 is 5.41 Å². The van der Waals surface area contributed by atoms with E-state index in [1.54, 1.807) is 0 Å². The van der Waals surface area contributed by atoms with Crippen molar-refractivity contribution >= 4 is 45.5 Å². The number of nitrogens with zero attached hydrogens (tertiary/aromatic N) is 4. The van der Waals surface area contributed by atoms with Crippen LogP contribution >= 0.6 is 0 Å². The van der Waals surface area contributed by atoms with Gasteiger partial charge in [-0.25, -0.2) is 0 Å². The molecule has 8 aromatic rings. The van der Waals surface area contributed by atoms with Crippen LogP contribution in [0.15, 0.2) is 194 Å². The number of hydrogen-bond acceptors (Lipinski definition) is 0. The minimum absolute atomic E-state index is 0.603. The van der Waals surface area contributed by atoms with Gasteiger partial charge >= 0.3 is 0 Å². The van der Waals surface area contributed by atoms with Crippen molar-refractivity contribution in [2.75, 3.05) is 56.4 Å². The molecule has 0 aromatic heterocycles. The number of para-hydroxylation sites is 4. The van der Waals surface area contributed by atoms with Crippen molar-refractivity contribution in [3.63, 3.8) is 0 Å². The minimum atomic E-state index is -0.603. The largest absolute Gasteiger partial charge is 0.264 e. The van der Waals surface area contributed by atoms with Gasteiger partial charge in [0, 0.05) is 48.5 Å². The fourth-order valence-corrected chi connectivity index (χ4v) is 10.4. The molecule has 4 nitrogen and oxygen atoms in total. The van der Waals surface area contributed by atoms with Gasteiger partial charge in [0.25, 0.3) is 0 Å².